The standard InChI is InChI=1S/C16H17ClFN7OS/c1-8-6-9(2)25(23-8)15-21-22-16(24(15)19)27-10(3)14(26)20-13-5-4-11(18)7-12(13)17/h4-7,10H,19H2,1-3H3,(H,20,26). The number of amides is 1. The van der Waals surface area contributed by atoms with E-state index in [0.29, 0.717) is 16.8 Å². The Morgan fingerprint density at radius 2 is 2.07 bits per heavy atom. The lowest BCUT2D eigenvalue weighted by Gasteiger charge is -2.12. The molecule has 2 heterocycles. The van der Waals surface area contributed by atoms with Crippen molar-refractivity contribution in [2.24, 2.45) is 0 Å². The molecule has 1 unspecified atom stereocenters. The van der Waals surface area contributed by atoms with Gasteiger partial charge in [0.2, 0.25) is 11.1 Å². The summed E-state index contributed by atoms with van der Waals surface area (Å²) in [6.07, 6.45) is 0. The number of nitrogens with zero attached hydrogens (tertiary/aromatic N) is 5. The van der Waals surface area contributed by atoms with Crippen molar-refractivity contribution in [2.75, 3.05) is 11.2 Å². The van der Waals surface area contributed by atoms with Gasteiger partial charge in [-0.1, -0.05) is 23.4 Å². The van der Waals surface area contributed by atoms with E-state index in [2.05, 4.69) is 20.6 Å². The summed E-state index contributed by atoms with van der Waals surface area (Å²) in [6.45, 7) is 5.43. The van der Waals surface area contributed by atoms with Crippen LogP contribution in [0.4, 0.5) is 10.1 Å². The molecule has 2 aromatic heterocycles. The number of benzene rings is 1. The average Bonchev–Trinajstić information content (AvgIpc) is 3.12. The number of halogens is 2. The summed E-state index contributed by atoms with van der Waals surface area (Å²) in [6, 6.07) is 5.64. The molecule has 0 saturated heterocycles. The first-order chi connectivity index (χ1) is 12.8. The number of aryl methyl sites for hydroxylation is 2. The third-order valence-corrected chi connectivity index (χ3v) is 5.06. The number of carbonyl (C=O) groups is 1. The van der Waals surface area contributed by atoms with Crippen molar-refractivity contribution < 1.29 is 9.18 Å². The average molecular weight is 410 g/mol. The van der Waals surface area contributed by atoms with E-state index in [1.807, 2.05) is 19.9 Å². The van der Waals surface area contributed by atoms with Crippen molar-refractivity contribution in [2.45, 2.75) is 31.2 Å². The molecule has 0 spiro atoms. The first-order valence-electron chi connectivity index (χ1n) is 7.93. The van der Waals surface area contributed by atoms with E-state index in [0.717, 1.165) is 29.2 Å². The lowest BCUT2D eigenvalue weighted by Crippen LogP contribution is -2.24. The van der Waals surface area contributed by atoms with Crippen molar-refractivity contribution in [1.29, 1.82) is 0 Å². The molecule has 3 rings (SSSR count). The van der Waals surface area contributed by atoms with Crippen molar-refractivity contribution in [3.8, 4) is 5.95 Å². The van der Waals surface area contributed by atoms with Crippen LogP contribution < -0.4 is 11.2 Å². The zero-order valence-electron chi connectivity index (χ0n) is 14.8. The Kier molecular flexibility index (Phi) is 5.38. The van der Waals surface area contributed by atoms with Gasteiger partial charge in [0.05, 0.1) is 21.7 Å². The maximum atomic E-state index is 13.1. The highest BCUT2D eigenvalue weighted by atomic mass is 35.5. The maximum absolute atomic E-state index is 13.1. The normalized spacial score (nSPS) is 12.2. The van der Waals surface area contributed by atoms with Crippen molar-refractivity contribution in [1.82, 2.24) is 24.7 Å². The van der Waals surface area contributed by atoms with E-state index in [1.165, 1.54) is 16.8 Å². The largest absolute Gasteiger partial charge is 0.334 e. The molecule has 0 saturated carbocycles. The lowest BCUT2D eigenvalue weighted by atomic mass is 10.3. The highest BCUT2D eigenvalue weighted by Crippen LogP contribution is 2.26. The molecule has 0 aliphatic heterocycles. The Labute approximate surface area is 163 Å². The van der Waals surface area contributed by atoms with Crippen LogP contribution in [0.25, 0.3) is 5.95 Å². The fraction of sp³-hybridized carbons (Fsp3) is 0.250. The van der Waals surface area contributed by atoms with Crippen LogP contribution in [0, 0.1) is 19.7 Å². The van der Waals surface area contributed by atoms with Gasteiger partial charge in [-0.05, 0) is 45.0 Å². The zero-order chi connectivity index (χ0) is 19.7. The molecule has 1 aromatic carbocycles. The molecule has 0 aliphatic carbocycles. The molecule has 11 heteroatoms. The quantitative estimate of drug-likeness (QED) is 0.496. The Morgan fingerprint density at radius 1 is 1.33 bits per heavy atom. The molecule has 1 amide bonds. The molecular weight excluding hydrogens is 393 g/mol. The summed E-state index contributed by atoms with van der Waals surface area (Å²) >= 11 is 7.06. The van der Waals surface area contributed by atoms with Gasteiger partial charge in [0.25, 0.3) is 5.95 Å². The number of hydrogen-bond acceptors (Lipinski definition) is 6. The first-order valence-corrected chi connectivity index (χ1v) is 9.18. The Hall–Kier alpha value is -2.59. The van der Waals surface area contributed by atoms with E-state index in [9.17, 15) is 9.18 Å². The number of carbonyl (C=O) groups excluding carboxylic acids is 1. The van der Waals surface area contributed by atoms with E-state index in [4.69, 9.17) is 17.4 Å². The van der Waals surface area contributed by atoms with Crippen molar-refractivity contribution >= 4 is 35.0 Å². The zero-order valence-corrected chi connectivity index (χ0v) is 16.3. The molecule has 0 fully saturated rings. The fourth-order valence-corrected chi connectivity index (χ4v) is 3.34. The van der Waals surface area contributed by atoms with Gasteiger partial charge in [-0.25, -0.2) is 13.7 Å². The number of thioether (sulfide) groups is 1. The molecule has 0 bridgehead atoms. The van der Waals surface area contributed by atoms with Gasteiger partial charge < -0.3 is 11.2 Å². The number of anilines is 1. The maximum Gasteiger partial charge on any atom is 0.271 e. The third kappa shape index (κ3) is 4.06. The van der Waals surface area contributed by atoms with Gasteiger partial charge in [0.15, 0.2) is 0 Å². The van der Waals surface area contributed by atoms with Crippen LogP contribution in [0.3, 0.4) is 0 Å². The highest BCUT2D eigenvalue weighted by molar-refractivity contribution is 8.00. The molecule has 27 heavy (non-hydrogen) atoms. The molecule has 3 N–H and O–H groups in total. The number of nitrogen functional groups attached to an aromatic ring is 1. The number of aromatic nitrogens is 5. The van der Waals surface area contributed by atoms with Crippen LogP contribution in [0.15, 0.2) is 29.4 Å². The number of rotatable bonds is 5. The smallest absolute Gasteiger partial charge is 0.271 e. The van der Waals surface area contributed by atoms with Crippen LogP contribution in [-0.2, 0) is 4.79 Å². The van der Waals surface area contributed by atoms with Gasteiger partial charge in [0.1, 0.15) is 5.82 Å². The first kappa shape index (κ1) is 19.2. The SMILES string of the molecule is Cc1cc(C)n(-c2nnc(SC(C)C(=O)Nc3ccc(F)cc3Cl)n2N)n1. The second-order valence-corrected chi connectivity index (χ2v) is 7.58. The Bertz CT molecular complexity index is 1000. The van der Waals surface area contributed by atoms with Crippen molar-refractivity contribution in [3.63, 3.8) is 0 Å². The van der Waals surface area contributed by atoms with Crippen LogP contribution in [0.5, 0.6) is 0 Å². The fourth-order valence-electron chi connectivity index (χ4n) is 2.36. The van der Waals surface area contributed by atoms with Crippen LogP contribution in [0.1, 0.15) is 18.3 Å². The monoisotopic (exact) mass is 409 g/mol. The van der Waals surface area contributed by atoms with Gasteiger partial charge >= 0.3 is 0 Å². The second kappa shape index (κ2) is 7.57. The highest BCUT2D eigenvalue weighted by Gasteiger charge is 2.21. The Morgan fingerprint density at radius 3 is 2.70 bits per heavy atom. The van der Waals surface area contributed by atoms with Crippen LogP contribution >= 0.6 is 23.4 Å². The summed E-state index contributed by atoms with van der Waals surface area (Å²) < 4.78 is 16.0. The lowest BCUT2D eigenvalue weighted by molar-refractivity contribution is -0.115. The van der Waals surface area contributed by atoms with E-state index in [-0.39, 0.29) is 10.9 Å². The van der Waals surface area contributed by atoms with E-state index < -0.39 is 11.1 Å². The number of hydrogen-bond donors (Lipinski definition) is 2. The molecule has 3 aromatic rings. The Balaban J connectivity index is 1.73. The summed E-state index contributed by atoms with van der Waals surface area (Å²) in [5.41, 5.74) is 2.02. The van der Waals surface area contributed by atoms with Crippen LogP contribution in [-0.4, -0.2) is 35.8 Å². The summed E-state index contributed by atoms with van der Waals surface area (Å²) in [5, 5.41) is 15.0. The van der Waals surface area contributed by atoms with Gasteiger partial charge in [-0.15, -0.1) is 10.2 Å². The number of nitrogens with one attached hydrogen (secondary N) is 1. The van der Waals surface area contributed by atoms with Gasteiger partial charge in [0, 0.05) is 5.69 Å². The molecule has 142 valence electrons. The van der Waals surface area contributed by atoms with Gasteiger partial charge in [-0.3, -0.25) is 4.79 Å². The van der Waals surface area contributed by atoms with Crippen LogP contribution in [0.2, 0.25) is 5.02 Å². The van der Waals surface area contributed by atoms with Crippen molar-refractivity contribution in [3.05, 3.63) is 46.5 Å². The van der Waals surface area contributed by atoms with Gasteiger partial charge in [-0.2, -0.15) is 5.10 Å². The van der Waals surface area contributed by atoms with E-state index >= 15 is 0 Å². The number of nitrogens with two attached hydrogens (primary N) is 1. The molecule has 0 aliphatic rings. The van der Waals surface area contributed by atoms with E-state index in [1.54, 1.807) is 11.6 Å². The molecule has 0 radical (unpaired) electrons. The second-order valence-electron chi connectivity index (χ2n) is 5.86. The molecular formula is C16H17ClFN7OS. The summed E-state index contributed by atoms with van der Waals surface area (Å²) in [4.78, 5) is 12.4. The molecule has 1 atom stereocenters. The minimum absolute atomic E-state index is 0.120. The minimum atomic E-state index is -0.550. The summed E-state index contributed by atoms with van der Waals surface area (Å²) in [7, 11) is 0. The summed E-state index contributed by atoms with van der Waals surface area (Å²) in [5.74, 6) is 5.61. The topological polar surface area (TPSA) is 104 Å². The predicted octanol–water partition coefficient (Wildman–Crippen LogP) is 2.71. The molecule has 8 nitrogen and oxygen atoms in total. The predicted molar refractivity (Wildman–Crippen MR) is 102 cm³/mol. The third-order valence-electron chi connectivity index (χ3n) is 3.69. The minimum Gasteiger partial charge on any atom is -0.334 e.